The molecule has 0 aliphatic heterocycles. The molecule has 0 aromatic heterocycles. The minimum absolute atomic E-state index is 0. The van der Waals surface area contributed by atoms with Crippen LogP contribution in [-0.4, -0.2) is 13.0 Å². The molecule has 0 fully saturated rings. The van der Waals surface area contributed by atoms with Crippen molar-refractivity contribution >= 4 is 32.3 Å². The number of benzene rings is 3. The second-order valence-corrected chi connectivity index (χ2v) is 6.67. The van der Waals surface area contributed by atoms with Crippen LogP contribution in [0.5, 0.6) is 5.75 Å². The van der Waals surface area contributed by atoms with Crippen LogP contribution in [0.2, 0.25) is 0 Å². The van der Waals surface area contributed by atoms with E-state index in [0.29, 0.717) is 27.7 Å². The van der Waals surface area contributed by atoms with Gasteiger partial charge in [-0.3, -0.25) is 4.55 Å². The average Bonchev–Trinajstić information content (AvgIpc) is 2.54. The smallest absolute Gasteiger partial charge is 0.872 e. The number of rotatable bonds is 3. The molecule has 122 valence electrons. The Morgan fingerprint density at radius 1 is 0.920 bits per heavy atom. The zero-order chi connectivity index (χ0) is 17.3. The minimum atomic E-state index is -4.25. The van der Waals surface area contributed by atoms with Gasteiger partial charge in [-0.05, 0) is 42.1 Å². The molecule has 0 amide bonds. The molecule has 0 bridgehead atoms. The molecule has 3 aromatic rings. The van der Waals surface area contributed by atoms with Gasteiger partial charge in [0.15, 0.2) is 0 Å². The molecule has 1 N–H and O–H groups in total. The van der Waals surface area contributed by atoms with Crippen molar-refractivity contribution in [2.24, 2.45) is 10.2 Å². The van der Waals surface area contributed by atoms with Crippen molar-refractivity contribution in [3.63, 3.8) is 0 Å². The Hall–Kier alpha value is -1.77. The number of fused-ring (bicyclic) bond motifs is 1. The van der Waals surface area contributed by atoms with E-state index >= 15 is 0 Å². The van der Waals surface area contributed by atoms with Crippen molar-refractivity contribution in [2.75, 3.05) is 0 Å². The molecular weight excluding hydrogens is 351 g/mol. The Kier molecular flexibility index (Phi) is 5.97. The van der Waals surface area contributed by atoms with Gasteiger partial charge in [-0.25, -0.2) is 0 Å². The molecule has 8 heteroatoms. The van der Waals surface area contributed by atoms with E-state index in [-0.39, 0.29) is 40.2 Å². The first-order valence-corrected chi connectivity index (χ1v) is 8.49. The summed E-state index contributed by atoms with van der Waals surface area (Å²) >= 11 is 0. The maximum atomic E-state index is 11.8. The van der Waals surface area contributed by atoms with E-state index in [0.717, 1.165) is 0 Å². The molecular formula is C17H13N2NaO4S. The molecule has 0 heterocycles. The standard InChI is InChI=1S/C17H14N2O4S.Na/c1-11-10-12(24(21,22)23)6-7-15(11)18-19-16-8-9-17(20)14-5-3-2-4-13(14)16;/h2-10,20H,1H3,(H,21,22,23);/q;+1/p-1. The van der Waals surface area contributed by atoms with Crippen molar-refractivity contribution in [3.8, 4) is 5.75 Å². The quantitative estimate of drug-likeness (QED) is 0.423. The van der Waals surface area contributed by atoms with Crippen molar-refractivity contribution < 1.29 is 47.6 Å². The van der Waals surface area contributed by atoms with Gasteiger partial charge in [0, 0.05) is 5.39 Å². The second kappa shape index (κ2) is 7.63. The van der Waals surface area contributed by atoms with Gasteiger partial charge < -0.3 is 5.11 Å². The molecule has 25 heavy (non-hydrogen) atoms. The molecule has 3 rings (SSSR count). The Labute approximate surface area is 167 Å². The summed E-state index contributed by atoms with van der Waals surface area (Å²) in [6.07, 6.45) is 0. The van der Waals surface area contributed by atoms with Gasteiger partial charge in [0.25, 0.3) is 10.1 Å². The van der Waals surface area contributed by atoms with Crippen LogP contribution in [0.1, 0.15) is 5.56 Å². The average molecular weight is 364 g/mol. The van der Waals surface area contributed by atoms with E-state index in [1.807, 2.05) is 6.07 Å². The Bertz CT molecular complexity index is 1070. The van der Waals surface area contributed by atoms with Gasteiger partial charge in [0.2, 0.25) is 0 Å². The number of nitrogens with zero attached hydrogens (tertiary/aromatic N) is 2. The van der Waals surface area contributed by atoms with Crippen LogP contribution in [0.4, 0.5) is 11.4 Å². The predicted octanol–water partition coefficient (Wildman–Crippen LogP) is 0.888. The first kappa shape index (κ1) is 19.6. The number of hydrogen-bond acceptors (Lipinski definition) is 5. The van der Waals surface area contributed by atoms with E-state index < -0.39 is 10.1 Å². The molecule has 0 saturated heterocycles. The van der Waals surface area contributed by atoms with E-state index in [9.17, 15) is 13.5 Å². The summed E-state index contributed by atoms with van der Waals surface area (Å²) < 4.78 is 31.3. The molecule has 0 spiro atoms. The van der Waals surface area contributed by atoms with Crippen LogP contribution in [0.15, 0.2) is 69.7 Å². The van der Waals surface area contributed by atoms with Crippen molar-refractivity contribution in [1.29, 1.82) is 0 Å². The largest absolute Gasteiger partial charge is 1.00 e. The molecule has 0 aliphatic rings. The topological polar surface area (TPSA) is 102 Å². The fourth-order valence-corrected chi connectivity index (χ4v) is 2.92. The second-order valence-electron chi connectivity index (χ2n) is 5.25. The van der Waals surface area contributed by atoms with Gasteiger partial charge in [0.1, 0.15) is 0 Å². The van der Waals surface area contributed by atoms with Crippen LogP contribution < -0.4 is 34.7 Å². The summed E-state index contributed by atoms with van der Waals surface area (Å²) in [4.78, 5) is -0.194. The molecule has 0 saturated carbocycles. The third kappa shape index (κ3) is 4.26. The van der Waals surface area contributed by atoms with Gasteiger partial charge in [-0.2, -0.15) is 13.5 Å². The molecule has 0 aliphatic carbocycles. The summed E-state index contributed by atoms with van der Waals surface area (Å²) in [6, 6.07) is 14.2. The minimum Gasteiger partial charge on any atom is -0.872 e. The first-order chi connectivity index (χ1) is 11.4. The predicted molar refractivity (Wildman–Crippen MR) is 88.6 cm³/mol. The van der Waals surface area contributed by atoms with Crippen LogP contribution >= 0.6 is 0 Å². The molecule has 0 radical (unpaired) electrons. The summed E-state index contributed by atoms with van der Waals surface area (Å²) in [7, 11) is -4.25. The monoisotopic (exact) mass is 364 g/mol. The number of azo groups is 1. The zero-order valence-corrected chi connectivity index (χ0v) is 16.5. The van der Waals surface area contributed by atoms with Gasteiger partial charge in [-0.1, -0.05) is 30.3 Å². The molecule has 6 nitrogen and oxygen atoms in total. The summed E-state index contributed by atoms with van der Waals surface area (Å²) in [5, 5.41) is 21.4. The fraction of sp³-hybridized carbons (Fsp3) is 0.0588. The van der Waals surface area contributed by atoms with E-state index in [2.05, 4.69) is 10.2 Å². The van der Waals surface area contributed by atoms with Gasteiger partial charge in [-0.15, -0.1) is 10.9 Å². The van der Waals surface area contributed by atoms with Gasteiger partial charge in [0.05, 0.1) is 16.3 Å². The fourth-order valence-electron chi connectivity index (χ4n) is 2.35. The normalized spacial score (nSPS) is 11.6. The van der Waals surface area contributed by atoms with Crippen LogP contribution in [0.25, 0.3) is 10.8 Å². The first-order valence-electron chi connectivity index (χ1n) is 7.05. The van der Waals surface area contributed by atoms with Gasteiger partial charge >= 0.3 is 29.6 Å². The number of aryl methyl sites for hydroxylation is 1. The third-order valence-corrected chi connectivity index (χ3v) is 4.44. The molecule has 0 atom stereocenters. The van der Waals surface area contributed by atoms with Crippen LogP contribution in [-0.2, 0) is 10.1 Å². The van der Waals surface area contributed by atoms with Crippen LogP contribution in [0.3, 0.4) is 0 Å². The molecule has 0 unspecified atom stereocenters. The van der Waals surface area contributed by atoms with E-state index in [4.69, 9.17) is 4.55 Å². The number of hydrogen-bond donors (Lipinski definition) is 1. The van der Waals surface area contributed by atoms with E-state index in [1.54, 1.807) is 31.2 Å². The summed E-state index contributed by atoms with van der Waals surface area (Å²) in [6.45, 7) is 1.67. The molecule has 3 aromatic carbocycles. The van der Waals surface area contributed by atoms with Crippen molar-refractivity contribution in [3.05, 3.63) is 60.2 Å². The summed E-state index contributed by atoms with van der Waals surface area (Å²) in [5.74, 6) is -0.0850. The summed E-state index contributed by atoms with van der Waals surface area (Å²) in [5.41, 5.74) is 1.57. The Morgan fingerprint density at radius 2 is 1.52 bits per heavy atom. The maximum absolute atomic E-state index is 11.8. The Balaban J connectivity index is 0.00000225. The third-order valence-electron chi connectivity index (χ3n) is 3.59. The SMILES string of the molecule is Cc1cc(S(=O)(=O)O)ccc1N=Nc1ccc([O-])c2ccccc12.[Na+]. The Morgan fingerprint density at radius 3 is 2.16 bits per heavy atom. The van der Waals surface area contributed by atoms with Crippen molar-refractivity contribution in [1.82, 2.24) is 0 Å². The maximum Gasteiger partial charge on any atom is 1.00 e. The zero-order valence-electron chi connectivity index (χ0n) is 13.7. The van der Waals surface area contributed by atoms with Crippen LogP contribution in [0, 0.1) is 6.92 Å². The van der Waals surface area contributed by atoms with E-state index in [1.165, 1.54) is 24.3 Å². The van der Waals surface area contributed by atoms with Crippen molar-refractivity contribution in [2.45, 2.75) is 11.8 Å².